The van der Waals surface area contributed by atoms with Gasteiger partial charge in [-0.05, 0) is 56.7 Å². The second-order valence-corrected chi connectivity index (χ2v) is 12.2. The van der Waals surface area contributed by atoms with Gasteiger partial charge in [-0.2, -0.15) is 0 Å². The monoisotopic (exact) mass is 493 g/mol. The molecule has 2 aromatic carbocycles. The molecule has 1 saturated heterocycles. The molecule has 186 valence electrons. The van der Waals surface area contributed by atoms with E-state index in [4.69, 9.17) is 0 Å². The maximum Gasteiger partial charge on any atom is 0.256 e. The van der Waals surface area contributed by atoms with Gasteiger partial charge in [-0.1, -0.05) is 62.4 Å². The van der Waals surface area contributed by atoms with E-state index in [9.17, 15) is 14.4 Å². The van der Waals surface area contributed by atoms with Crippen molar-refractivity contribution >= 4 is 29.5 Å². The molecule has 0 radical (unpaired) electrons. The first-order chi connectivity index (χ1) is 16.6. The third-order valence-corrected chi connectivity index (χ3v) is 8.42. The van der Waals surface area contributed by atoms with E-state index in [1.54, 1.807) is 16.7 Å². The van der Waals surface area contributed by atoms with Crippen molar-refractivity contribution in [2.45, 2.75) is 75.7 Å². The van der Waals surface area contributed by atoms with Gasteiger partial charge in [-0.3, -0.25) is 14.4 Å². The summed E-state index contributed by atoms with van der Waals surface area (Å²) in [5.74, 6) is -0.689. The lowest BCUT2D eigenvalue weighted by Crippen LogP contribution is -2.58. The fraction of sp³-hybridized carbons (Fsp3) is 0.464. The van der Waals surface area contributed by atoms with Crippen LogP contribution in [0.5, 0.6) is 0 Å². The van der Waals surface area contributed by atoms with Crippen LogP contribution in [-0.2, 0) is 16.0 Å². The topological polar surface area (TPSA) is 78.5 Å². The summed E-state index contributed by atoms with van der Waals surface area (Å²) >= 11 is 1.62. The summed E-state index contributed by atoms with van der Waals surface area (Å²) in [5.41, 5.74) is 2.84. The predicted octanol–water partition coefficient (Wildman–Crippen LogP) is 4.31. The number of amides is 3. The van der Waals surface area contributed by atoms with Gasteiger partial charge in [0.25, 0.3) is 5.91 Å². The van der Waals surface area contributed by atoms with Crippen molar-refractivity contribution in [2.75, 3.05) is 0 Å². The Kier molecular flexibility index (Phi) is 7.27. The van der Waals surface area contributed by atoms with Crippen LogP contribution in [0.4, 0.5) is 0 Å². The largest absolute Gasteiger partial charge is 0.352 e. The Morgan fingerprint density at radius 3 is 2.34 bits per heavy atom. The number of hydrogen-bond donors (Lipinski definition) is 2. The van der Waals surface area contributed by atoms with E-state index < -0.39 is 16.8 Å². The third kappa shape index (κ3) is 5.10. The van der Waals surface area contributed by atoms with Gasteiger partial charge in [0.2, 0.25) is 11.8 Å². The first kappa shape index (κ1) is 25.3. The number of rotatable bonds is 8. The van der Waals surface area contributed by atoms with E-state index in [0.29, 0.717) is 5.56 Å². The van der Waals surface area contributed by atoms with Crippen LogP contribution in [-0.4, -0.2) is 45.5 Å². The Morgan fingerprint density at radius 1 is 1.00 bits per heavy atom. The highest BCUT2D eigenvalue weighted by atomic mass is 32.2. The number of fused-ring (bicyclic) bond motifs is 3. The molecule has 3 amide bonds. The molecule has 2 N–H and O–H groups in total. The first-order valence-corrected chi connectivity index (χ1v) is 13.2. The van der Waals surface area contributed by atoms with Gasteiger partial charge >= 0.3 is 0 Å². The van der Waals surface area contributed by atoms with Crippen LogP contribution in [0.3, 0.4) is 0 Å². The quantitative estimate of drug-likeness (QED) is 0.574. The van der Waals surface area contributed by atoms with E-state index in [2.05, 4.69) is 22.8 Å². The molecular formula is C28H35N3O3S. The maximum absolute atomic E-state index is 13.6. The summed E-state index contributed by atoms with van der Waals surface area (Å²) in [7, 11) is 0. The lowest BCUT2D eigenvalue weighted by molar-refractivity contribution is -0.133. The van der Waals surface area contributed by atoms with Gasteiger partial charge in [-0.15, -0.1) is 11.8 Å². The fourth-order valence-corrected chi connectivity index (χ4v) is 6.59. The van der Waals surface area contributed by atoms with E-state index in [-0.39, 0.29) is 35.1 Å². The van der Waals surface area contributed by atoms with Crippen LogP contribution in [0.1, 0.15) is 67.9 Å². The summed E-state index contributed by atoms with van der Waals surface area (Å²) in [6.45, 7) is 9.82. The lowest BCUT2D eigenvalue weighted by atomic mass is 9.97. The van der Waals surface area contributed by atoms with Gasteiger partial charge in [-0.25, -0.2) is 0 Å². The molecule has 0 aromatic heterocycles. The van der Waals surface area contributed by atoms with Gasteiger partial charge in [0.05, 0.1) is 0 Å². The molecule has 0 unspecified atom stereocenters. The van der Waals surface area contributed by atoms with Gasteiger partial charge < -0.3 is 15.5 Å². The van der Waals surface area contributed by atoms with Crippen LogP contribution in [0, 0.1) is 5.92 Å². The van der Waals surface area contributed by atoms with E-state index in [0.717, 1.165) is 18.4 Å². The van der Waals surface area contributed by atoms with Crippen molar-refractivity contribution in [1.29, 1.82) is 0 Å². The zero-order valence-corrected chi connectivity index (χ0v) is 21.9. The van der Waals surface area contributed by atoms with Crippen LogP contribution in [0.2, 0.25) is 0 Å². The van der Waals surface area contributed by atoms with E-state index >= 15 is 0 Å². The third-order valence-electron chi connectivity index (χ3n) is 6.89. The molecule has 6 nitrogen and oxygen atoms in total. The van der Waals surface area contributed by atoms with Crippen LogP contribution < -0.4 is 10.6 Å². The summed E-state index contributed by atoms with van der Waals surface area (Å²) < 4.78 is -0.487. The number of thioether (sulfide) groups is 1. The highest BCUT2D eigenvalue weighted by molar-refractivity contribution is 8.01. The summed E-state index contributed by atoms with van der Waals surface area (Å²) in [6, 6.07) is 16.4. The average Bonchev–Trinajstić information content (AvgIpc) is 3.25. The average molecular weight is 494 g/mol. The Hall–Kier alpha value is -2.80. The second-order valence-electron chi connectivity index (χ2n) is 10.4. The Balaban J connectivity index is 1.43. The number of hydrogen-bond acceptors (Lipinski definition) is 4. The number of carbonyl (C=O) groups excluding carboxylic acids is 3. The minimum absolute atomic E-state index is 0.0293. The Bertz CT molecular complexity index is 1100. The minimum atomic E-state index is -0.679. The maximum atomic E-state index is 13.6. The minimum Gasteiger partial charge on any atom is -0.352 e. The normalized spacial score (nSPS) is 21.9. The predicted molar refractivity (Wildman–Crippen MR) is 140 cm³/mol. The van der Waals surface area contributed by atoms with E-state index in [1.807, 2.05) is 77.1 Å². The number of carbonyl (C=O) groups is 3. The summed E-state index contributed by atoms with van der Waals surface area (Å²) in [4.78, 5) is 41.7. The highest BCUT2D eigenvalue weighted by Crippen LogP contribution is 2.56. The molecule has 35 heavy (non-hydrogen) atoms. The van der Waals surface area contributed by atoms with Gasteiger partial charge in [0.1, 0.15) is 17.5 Å². The van der Waals surface area contributed by atoms with Crippen molar-refractivity contribution in [3.05, 3.63) is 71.3 Å². The molecule has 2 heterocycles. The molecule has 2 aliphatic rings. The standard InChI is InChI=1S/C28H35N3O3S/c1-17(2)22(24(32)29-18(3)15-16-19-11-7-6-8-12-19)30-25(33)23-28(4,5)35-27-21-14-10-9-13-20(21)26(34)31(23)27/h6-14,17-18,22-23,27H,15-16H2,1-5H3,(H,29,32)(H,30,33)/t18-,22+,23+,27-/m1/s1. The van der Waals surface area contributed by atoms with Crippen molar-refractivity contribution in [3.63, 3.8) is 0 Å². The van der Waals surface area contributed by atoms with E-state index in [1.165, 1.54) is 5.56 Å². The lowest BCUT2D eigenvalue weighted by Gasteiger charge is -2.32. The second kappa shape index (κ2) is 10.1. The first-order valence-electron chi connectivity index (χ1n) is 12.3. The molecule has 0 spiro atoms. The number of nitrogens with zero attached hydrogens (tertiary/aromatic N) is 1. The zero-order valence-electron chi connectivity index (χ0n) is 21.1. The van der Waals surface area contributed by atoms with Crippen LogP contribution >= 0.6 is 11.8 Å². The van der Waals surface area contributed by atoms with Gasteiger partial charge in [0, 0.05) is 16.4 Å². The number of aryl methyl sites for hydroxylation is 1. The van der Waals surface area contributed by atoms with Crippen molar-refractivity contribution in [1.82, 2.24) is 15.5 Å². The molecule has 2 aromatic rings. The molecular weight excluding hydrogens is 458 g/mol. The van der Waals surface area contributed by atoms with Crippen molar-refractivity contribution in [2.24, 2.45) is 5.92 Å². The number of benzene rings is 2. The number of nitrogens with one attached hydrogen (secondary N) is 2. The molecule has 2 aliphatic heterocycles. The molecule has 0 saturated carbocycles. The van der Waals surface area contributed by atoms with Crippen LogP contribution in [0.15, 0.2) is 54.6 Å². The summed E-state index contributed by atoms with van der Waals surface area (Å²) in [6.07, 6.45) is 1.68. The molecule has 0 bridgehead atoms. The molecule has 4 atom stereocenters. The molecule has 4 rings (SSSR count). The smallest absolute Gasteiger partial charge is 0.256 e. The SMILES string of the molecule is CC(C)[C@H](NC(=O)[C@@H]1N2C(=O)c3ccccc3[C@H]2SC1(C)C)C(=O)N[C@H](C)CCc1ccccc1. The van der Waals surface area contributed by atoms with Crippen LogP contribution in [0.25, 0.3) is 0 Å². The summed E-state index contributed by atoms with van der Waals surface area (Å²) in [5, 5.41) is 5.89. The van der Waals surface area contributed by atoms with Crippen molar-refractivity contribution in [3.8, 4) is 0 Å². The zero-order chi connectivity index (χ0) is 25.3. The Morgan fingerprint density at radius 2 is 1.66 bits per heavy atom. The molecule has 1 fully saturated rings. The molecule has 7 heteroatoms. The van der Waals surface area contributed by atoms with Crippen molar-refractivity contribution < 1.29 is 14.4 Å². The Labute approximate surface area is 212 Å². The molecule has 0 aliphatic carbocycles. The van der Waals surface area contributed by atoms with Gasteiger partial charge in [0.15, 0.2) is 0 Å². The highest BCUT2D eigenvalue weighted by Gasteiger charge is 2.57. The fourth-order valence-electron chi connectivity index (χ4n) is 5.00.